The molecule has 0 aliphatic heterocycles. The fourth-order valence-electron chi connectivity index (χ4n) is 2.46. The summed E-state index contributed by atoms with van der Waals surface area (Å²) in [6, 6.07) is 1.98. The molecule has 5 heteroatoms. The Labute approximate surface area is 96.1 Å². The third-order valence-corrected chi connectivity index (χ3v) is 3.30. The van der Waals surface area contributed by atoms with Crippen LogP contribution in [0.25, 0.3) is 0 Å². The second kappa shape index (κ2) is 4.39. The van der Waals surface area contributed by atoms with Crippen molar-refractivity contribution in [1.82, 2.24) is 0 Å². The van der Waals surface area contributed by atoms with Gasteiger partial charge in [0.25, 0.3) is 0 Å². The second-order valence-corrected chi connectivity index (χ2v) is 4.25. The number of aliphatic carboxylic acids is 1. The predicted octanol–water partition coefficient (Wildman–Crippen LogP) is 3.07. The highest BCUT2D eigenvalue weighted by molar-refractivity contribution is 5.71. The summed E-state index contributed by atoms with van der Waals surface area (Å²) in [4.78, 5) is 11.0. The highest BCUT2D eigenvalue weighted by Gasteiger charge is 2.36. The number of carboxylic acids is 1. The lowest BCUT2D eigenvalue weighted by Gasteiger charge is -2.17. The quantitative estimate of drug-likeness (QED) is 0.812. The Bertz CT molecular complexity index is 459. The molecule has 1 aliphatic rings. The molecule has 2 unspecified atom stereocenters. The van der Waals surface area contributed by atoms with Crippen LogP contribution in [-0.4, -0.2) is 11.1 Å². The molecule has 92 valence electrons. The van der Waals surface area contributed by atoms with E-state index in [-0.39, 0.29) is 5.56 Å². The Hall–Kier alpha value is -1.52. The van der Waals surface area contributed by atoms with E-state index in [1.807, 2.05) is 0 Å². The number of hydrogen-bond acceptors (Lipinski definition) is 1. The van der Waals surface area contributed by atoms with Gasteiger partial charge in [-0.3, -0.25) is 4.79 Å². The summed E-state index contributed by atoms with van der Waals surface area (Å²) >= 11 is 0. The molecule has 2 nitrogen and oxygen atoms in total. The Morgan fingerprint density at radius 3 is 2.53 bits per heavy atom. The number of halogens is 3. The molecule has 1 fully saturated rings. The van der Waals surface area contributed by atoms with Crippen molar-refractivity contribution in [1.29, 1.82) is 0 Å². The topological polar surface area (TPSA) is 37.3 Å². The zero-order chi connectivity index (χ0) is 12.6. The third kappa shape index (κ3) is 2.01. The van der Waals surface area contributed by atoms with Gasteiger partial charge in [0.2, 0.25) is 0 Å². The minimum absolute atomic E-state index is 0.0335. The molecule has 0 saturated heterocycles. The van der Waals surface area contributed by atoms with E-state index >= 15 is 0 Å². The molecule has 1 aliphatic carbocycles. The SMILES string of the molecule is O=C(O)C1CCCC1c1ccc(F)c(F)c1F. The molecule has 0 aromatic heterocycles. The van der Waals surface area contributed by atoms with Gasteiger partial charge in [-0.05, 0) is 24.5 Å². The van der Waals surface area contributed by atoms with Gasteiger partial charge in [0.1, 0.15) is 0 Å². The molecule has 2 atom stereocenters. The zero-order valence-electron chi connectivity index (χ0n) is 8.92. The van der Waals surface area contributed by atoms with Crippen molar-refractivity contribution in [3.63, 3.8) is 0 Å². The number of carboxylic acid groups (broad SMARTS) is 1. The summed E-state index contributed by atoms with van der Waals surface area (Å²) in [7, 11) is 0. The van der Waals surface area contributed by atoms with E-state index in [9.17, 15) is 18.0 Å². The van der Waals surface area contributed by atoms with E-state index < -0.39 is 35.3 Å². The second-order valence-electron chi connectivity index (χ2n) is 4.25. The first kappa shape index (κ1) is 12.0. The first-order valence-corrected chi connectivity index (χ1v) is 5.38. The molecule has 0 amide bonds. The van der Waals surface area contributed by atoms with E-state index in [4.69, 9.17) is 5.11 Å². The Balaban J connectivity index is 2.40. The highest BCUT2D eigenvalue weighted by atomic mass is 19.2. The predicted molar refractivity (Wildman–Crippen MR) is 54.0 cm³/mol. The number of rotatable bonds is 2. The summed E-state index contributed by atoms with van der Waals surface area (Å²) < 4.78 is 39.4. The molecule has 0 bridgehead atoms. The van der Waals surface area contributed by atoms with Crippen LogP contribution in [0.4, 0.5) is 13.2 Å². The average Bonchev–Trinajstić information content (AvgIpc) is 2.75. The van der Waals surface area contributed by atoms with Gasteiger partial charge in [0.15, 0.2) is 17.5 Å². The minimum atomic E-state index is -1.53. The lowest BCUT2D eigenvalue weighted by Crippen LogP contribution is -2.18. The lowest BCUT2D eigenvalue weighted by atomic mass is 9.88. The molecule has 1 N–H and O–H groups in total. The van der Waals surface area contributed by atoms with Crippen molar-refractivity contribution in [2.24, 2.45) is 5.92 Å². The largest absolute Gasteiger partial charge is 0.481 e. The average molecular weight is 244 g/mol. The first-order chi connectivity index (χ1) is 8.02. The Morgan fingerprint density at radius 2 is 1.88 bits per heavy atom. The molecule has 17 heavy (non-hydrogen) atoms. The van der Waals surface area contributed by atoms with Crippen LogP contribution in [0, 0.1) is 23.4 Å². The van der Waals surface area contributed by atoms with Crippen LogP contribution < -0.4 is 0 Å². The van der Waals surface area contributed by atoms with Crippen molar-refractivity contribution in [3.05, 3.63) is 35.1 Å². The number of carbonyl (C=O) groups is 1. The van der Waals surface area contributed by atoms with Gasteiger partial charge in [-0.1, -0.05) is 12.5 Å². The number of benzene rings is 1. The smallest absolute Gasteiger partial charge is 0.307 e. The maximum Gasteiger partial charge on any atom is 0.307 e. The lowest BCUT2D eigenvalue weighted by molar-refractivity contribution is -0.142. The highest BCUT2D eigenvalue weighted by Crippen LogP contribution is 2.41. The molecule has 1 aromatic carbocycles. The summed E-state index contributed by atoms with van der Waals surface area (Å²) in [6.07, 6.45) is 1.58. The van der Waals surface area contributed by atoms with Gasteiger partial charge in [-0.2, -0.15) is 0 Å². The van der Waals surface area contributed by atoms with Crippen molar-refractivity contribution in [2.75, 3.05) is 0 Å². The van der Waals surface area contributed by atoms with Crippen molar-refractivity contribution in [3.8, 4) is 0 Å². The maximum atomic E-state index is 13.5. The van der Waals surface area contributed by atoms with Crippen LogP contribution in [-0.2, 0) is 4.79 Å². The van der Waals surface area contributed by atoms with Crippen LogP contribution in [0.2, 0.25) is 0 Å². The van der Waals surface area contributed by atoms with Gasteiger partial charge < -0.3 is 5.11 Å². The Kier molecular flexibility index (Phi) is 3.09. The summed E-state index contributed by atoms with van der Waals surface area (Å²) in [5.41, 5.74) is -0.0335. The van der Waals surface area contributed by atoms with E-state index in [2.05, 4.69) is 0 Å². The molecule has 2 rings (SSSR count). The Morgan fingerprint density at radius 1 is 1.18 bits per heavy atom. The summed E-state index contributed by atoms with van der Waals surface area (Å²) in [6.45, 7) is 0. The van der Waals surface area contributed by atoms with E-state index in [0.29, 0.717) is 19.3 Å². The number of hydrogen-bond donors (Lipinski definition) is 1. The normalized spacial score (nSPS) is 23.9. The van der Waals surface area contributed by atoms with Crippen molar-refractivity contribution < 1.29 is 23.1 Å². The van der Waals surface area contributed by atoms with E-state index in [1.54, 1.807) is 0 Å². The molecule has 0 spiro atoms. The maximum absolute atomic E-state index is 13.5. The van der Waals surface area contributed by atoms with E-state index in [1.165, 1.54) is 0 Å². The standard InChI is InChI=1S/C12H11F3O2/c13-9-5-4-7(10(14)11(9)15)6-2-1-3-8(6)12(16)17/h4-6,8H,1-3H2,(H,16,17). The molecule has 0 radical (unpaired) electrons. The van der Waals surface area contributed by atoms with Gasteiger partial charge in [-0.15, -0.1) is 0 Å². The van der Waals surface area contributed by atoms with Crippen LogP contribution in [0.3, 0.4) is 0 Å². The fourth-order valence-corrected chi connectivity index (χ4v) is 2.46. The summed E-state index contributed by atoms with van der Waals surface area (Å²) in [5, 5.41) is 8.97. The monoisotopic (exact) mass is 244 g/mol. The van der Waals surface area contributed by atoms with Crippen molar-refractivity contribution >= 4 is 5.97 Å². The molecular weight excluding hydrogens is 233 g/mol. The van der Waals surface area contributed by atoms with Gasteiger partial charge in [0, 0.05) is 5.92 Å². The van der Waals surface area contributed by atoms with Gasteiger partial charge in [0.05, 0.1) is 5.92 Å². The van der Waals surface area contributed by atoms with Crippen molar-refractivity contribution in [2.45, 2.75) is 25.2 Å². The van der Waals surface area contributed by atoms with Crippen LogP contribution in [0.5, 0.6) is 0 Å². The molecule has 0 heterocycles. The zero-order valence-corrected chi connectivity index (χ0v) is 8.92. The van der Waals surface area contributed by atoms with E-state index in [0.717, 1.165) is 12.1 Å². The minimum Gasteiger partial charge on any atom is -0.481 e. The van der Waals surface area contributed by atoms with Gasteiger partial charge in [-0.25, -0.2) is 13.2 Å². The molecular formula is C12H11F3O2. The fraction of sp³-hybridized carbons (Fsp3) is 0.417. The van der Waals surface area contributed by atoms with Crippen LogP contribution in [0.1, 0.15) is 30.7 Å². The molecule has 1 saturated carbocycles. The van der Waals surface area contributed by atoms with Gasteiger partial charge >= 0.3 is 5.97 Å². The molecule has 1 aromatic rings. The third-order valence-electron chi connectivity index (χ3n) is 3.30. The van der Waals surface area contributed by atoms with Crippen LogP contribution in [0.15, 0.2) is 12.1 Å². The summed E-state index contributed by atoms with van der Waals surface area (Å²) in [5.74, 6) is -6.34. The van der Waals surface area contributed by atoms with Crippen LogP contribution >= 0.6 is 0 Å². The first-order valence-electron chi connectivity index (χ1n) is 5.38.